The molecule has 0 spiro atoms. The minimum absolute atomic E-state index is 0. The minimum atomic E-state index is -0.666. The van der Waals surface area contributed by atoms with Crippen LogP contribution in [0.5, 0.6) is 11.5 Å². The molecule has 0 bridgehead atoms. The fourth-order valence-corrected chi connectivity index (χ4v) is 2.64. The number of carbonyl (C=O) groups excluding carboxylic acids is 1. The van der Waals surface area contributed by atoms with E-state index in [9.17, 15) is 4.79 Å². The van der Waals surface area contributed by atoms with Gasteiger partial charge in [0.1, 0.15) is 11.5 Å². The van der Waals surface area contributed by atoms with Crippen molar-refractivity contribution in [2.24, 2.45) is 10.7 Å². The minimum Gasteiger partial charge on any atom is -0.497 e. The van der Waals surface area contributed by atoms with E-state index in [0.29, 0.717) is 6.54 Å². The summed E-state index contributed by atoms with van der Waals surface area (Å²) in [7, 11) is 3.23. The number of methoxy groups -OCH3 is 2. The van der Waals surface area contributed by atoms with Gasteiger partial charge >= 0.3 is 0 Å². The zero-order chi connectivity index (χ0) is 21.4. The summed E-state index contributed by atoms with van der Waals surface area (Å²) in [5, 5.41) is 2.28. The van der Waals surface area contributed by atoms with Crippen LogP contribution in [0, 0.1) is 0 Å². The molecule has 2 rings (SSSR count). The highest BCUT2D eigenvalue weighted by Gasteiger charge is 2.16. The second-order valence-electron chi connectivity index (χ2n) is 5.99. The molecular weight excluding hydrogens is 433 g/mol. The normalized spacial score (nSPS) is 10.8. The topological polar surface area (TPSA) is 164 Å². The van der Waals surface area contributed by atoms with E-state index in [1.54, 1.807) is 14.2 Å². The van der Waals surface area contributed by atoms with E-state index in [1.165, 1.54) is 0 Å². The van der Waals surface area contributed by atoms with Gasteiger partial charge in [-0.2, -0.15) is 0 Å². The Hall–Kier alpha value is -2.98. The number of halogens is 2. The highest BCUT2D eigenvalue weighted by molar-refractivity contribution is 6.31. The Kier molecular flexibility index (Phi) is 9.93. The van der Waals surface area contributed by atoms with Gasteiger partial charge in [-0.15, -0.1) is 12.4 Å². The molecule has 0 aliphatic heterocycles. The van der Waals surface area contributed by atoms with Crippen LogP contribution in [0.4, 0.5) is 11.6 Å². The maximum atomic E-state index is 12.2. The molecule has 1 aromatic carbocycles. The van der Waals surface area contributed by atoms with Crippen molar-refractivity contribution in [3.05, 3.63) is 34.6 Å². The Morgan fingerprint density at radius 3 is 2.57 bits per heavy atom. The lowest BCUT2D eigenvalue weighted by Gasteiger charge is -2.10. The monoisotopic (exact) mass is 457 g/mol. The van der Waals surface area contributed by atoms with Crippen LogP contribution >= 0.6 is 24.0 Å². The molecule has 30 heavy (non-hydrogen) atoms. The van der Waals surface area contributed by atoms with Crippen molar-refractivity contribution in [3.8, 4) is 11.5 Å². The molecule has 0 atom stereocenters. The first-order valence-corrected chi connectivity index (χ1v) is 9.14. The number of ether oxygens (including phenoxy) is 2. The average Bonchev–Trinajstić information content (AvgIpc) is 2.70. The first-order valence-electron chi connectivity index (χ1n) is 8.76. The van der Waals surface area contributed by atoms with E-state index in [0.717, 1.165) is 36.3 Å². The maximum absolute atomic E-state index is 12.2. The Morgan fingerprint density at radius 1 is 1.17 bits per heavy atom. The average molecular weight is 458 g/mol. The van der Waals surface area contributed by atoms with E-state index < -0.39 is 5.91 Å². The van der Waals surface area contributed by atoms with Gasteiger partial charge < -0.3 is 26.7 Å². The number of nitrogen functional groups attached to an aromatic ring is 2. The standard InChI is InChI=1S/C18H24ClN7O3.ClH/c1-28-11-7-6-10(12(9-11)29-2)5-3-4-8-23-18(22)26-17(27)13-15(20)25-16(21)14(19)24-13;/h6-7,9H,3-5,8H2,1-2H3,(H4,20,21,25)(H3,22,23,26,27);1H. The van der Waals surface area contributed by atoms with E-state index in [1.807, 2.05) is 18.2 Å². The largest absolute Gasteiger partial charge is 0.497 e. The summed E-state index contributed by atoms with van der Waals surface area (Å²) >= 11 is 5.76. The van der Waals surface area contributed by atoms with E-state index in [2.05, 4.69) is 20.3 Å². The number of anilines is 2. The number of aryl methyl sites for hydroxylation is 1. The molecule has 0 unspecified atom stereocenters. The molecule has 0 saturated carbocycles. The molecule has 1 amide bonds. The fraction of sp³-hybridized carbons (Fsp3) is 0.333. The van der Waals surface area contributed by atoms with Crippen molar-refractivity contribution in [2.45, 2.75) is 19.3 Å². The van der Waals surface area contributed by atoms with E-state index in [-0.39, 0.29) is 40.8 Å². The van der Waals surface area contributed by atoms with Crippen molar-refractivity contribution in [3.63, 3.8) is 0 Å². The molecule has 1 heterocycles. The van der Waals surface area contributed by atoms with Crippen LogP contribution in [0.15, 0.2) is 23.2 Å². The predicted molar refractivity (Wildman–Crippen MR) is 120 cm³/mol. The highest BCUT2D eigenvalue weighted by atomic mass is 35.5. The first kappa shape index (κ1) is 25.1. The van der Waals surface area contributed by atoms with Crippen LogP contribution in [-0.2, 0) is 6.42 Å². The molecular formula is C18H25Cl2N7O3. The zero-order valence-electron chi connectivity index (χ0n) is 16.6. The van der Waals surface area contributed by atoms with Crippen LogP contribution in [0.3, 0.4) is 0 Å². The molecule has 0 fully saturated rings. The summed E-state index contributed by atoms with van der Waals surface area (Å²) < 4.78 is 10.6. The third-order valence-electron chi connectivity index (χ3n) is 3.99. The van der Waals surface area contributed by atoms with Gasteiger partial charge in [0.25, 0.3) is 5.91 Å². The van der Waals surface area contributed by atoms with Gasteiger partial charge in [0.2, 0.25) is 0 Å². The lowest BCUT2D eigenvalue weighted by molar-refractivity contribution is 0.0972. The molecule has 2 aromatic rings. The molecule has 0 saturated heterocycles. The van der Waals surface area contributed by atoms with Gasteiger partial charge in [0.15, 0.2) is 28.4 Å². The SMILES string of the molecule is COc1ccc(CCCCN=C(N)NC(=O)c2nc(Cl)c(N)nc2N)c(OC)c1.Cl. The molecule has 0 aliphatic carbocycles. The van der Waals surface area contributed by atoms with Crippen molar-refractivity contribution in [2.75, 3.05) is 32.2 Å². The van der Waals surface area contributed by atoms with Crippen LogP contribution in [-0.4, -0.2) is 42.6 Å². The summed E-state index contributed by atoms with van der Waals surface area (Å²) in [6, 6.07) is 5.71. The third kappa shape index (κ3) is 6.82. The van der Waals surface area contributed by atoms with Crippen molar-refractivity contribution in [1.82, 2.24) is 15.3 Å². The summed E-state index contributed by atoms with van der Waals surface area (Å²) in [5.74, 6) is 0.598. The lowest BCUT2D eigenvalue weighted by Crippen LogP contribution is -2.38. The summed E-state index contributed by atoms with van der Waals surface area (Å²) in [6.45, 7) is 0.439. The number of amides is 1. The highest BCUT2D eigenvalue weighted by Crippen LogP contribution is 2.25. The Bertz CT molecular complexity index is 910. The molecule has 164 valence electrons. The van der Waals surface area contributed by atoms with E-state index in [4.69, 9.17) is 38.3 Å². The lowest BCUT2D eigenvalue weighted by atomic mass is 10.1. The number of nitrogens with one attached hydrogen (secondary N) is 1. The number of hydrogen-bond acceptors (Lipinski definition) is 8. The Morgan fingerprint density at radius 2 is 1.90 bits per heavy atom. The third-order valence-corrected chi connectivity index (χ3v) is 4.27. The number of aliphatic imine (C=N–C) groups is 1. The number of guanidine groups is 1. The molecule has 0 radical (unpaired) electrons. The smallest absolute Gasteiger partial charge is 0.280 e. The van der Waals surface area contributed by atoms with Gasteiger partial charge in [-0.05, 0) is 30.9 Å². The quantitative estimate of drug-likeness (QED) is 0.264. The van der Waals surface area contributed by atoms with Gasteiger partial charge in [0, 0.05) is 12.6 Å². The second-order valence-corrected chi connectivity index (χ2v) is 6.35. The first-order chi connectivity index (χ1) is 13.8. The van der Waals surface area contributed by atoms with Crippen molar-refractivity contribution < 1.29 is 14.3 Å². The molecule has 12 heteroatoms. The number of nitrogens with zero attached hydrogens (tertiary/aromatic N) is 3. The maximum Gasteiger partial charge on any atom is 0.280 e. The van der Waals surface area contributed by atoms with Crippen molar-refractivity contribution in [1.29, 1.82) is 0 Å². The molecule has 0 aliphatic rings. The van der Waals surface area contributed by atoms with Gasteiger partial charge in [-0.3, -0.25) is 15.1 Å². The number of carbonyl (C=O) groups is 1. The number of hydrogen-bond donors (Lipinski definition) is 4. The number of aromatic nitrogens is 2. The summed E-state index contributed by atoms with van der Waals surface area (Å²) in [5.41, 5.74) is 17.8. The number of benzene rings is 1. The van der Waals surface area contributed by atoms with Crippen LogP contribution in [0.2, 0.25) is 5.15 Å². The molecule has 1 aromatic heterocycles. The fourth-order valence-electron chi connectivity index (χ4n) is 2.51. The van der Waals surface area contributed by atoms with Crippen LogP contribution < -0.4 is 32.0 Å². The van der Waals surface area contributed by atoms with Gasteiger partial charge in [-0.1, -0.05) is 17.7 Å². The predicted octanol–water partition coefficient (Wildman–Crippen LogP) is 1.80. The van der Waals surface area contributed by atoms with E-state index >= 15 is 0 Å². The van der Waals surface area contributed by atoms with Crippen molar-refractivity contribution >= 4 is 47.5 Å². The molecule has 10 nitrogen and oxygen atoms in total. The summed E-state index contributed by atoms with van der Waals surface area (Å²) in [6.07, 6.45) is 2.44. The number of rotatable bonds is 8. The van der Waals surface area contributed by atoms with Gasteiger partial charge in [0.05, 0.1) is 14.2 Å². The second kappa shape index (κ2) is 11.9. The zero-order valence-corrected chi connectivity index (χ0v) is 18.2. The molecule has 7 N–H and O–H groups in total. The Balaban J connectivity index is 0.00000450. The number of unbranched alkanes of at least 4 members (excludes halogenated alkanes) is 1. The summed E-state index contributed by atoms with van der Waals surface area (Å²) in [4.78, 5) is 23.8. The number of nitrogens with two attached hydrogens (primary N) is 3. The van der Waals surface area contributed by atoms with Gasteiger partial charge in [-0.25, -0.2) is 9.97 Å². The van der Waals surface area contributed by atoms with Crippen LogP contribution in [0.25, 0.3) is 0 Å². The Labute approximate surface area is 185 Å². The van der Waals surface area contributed by atoms with Crippen LogP contribution in [0.1, 0.15) is 28.9 Å².